The molecule has 2 aliphatic heterocycles. The summed E-state index contributed by atoms with van der Waals surface area (Å²) in [6, 6.07) is 4.71. The van der Waals surface area contributed by atoms with Crippen LogP contribution in [0.25, 0.3) is 0 Å². The fourth-order valence-electron chi connectivity index (χ4n) is 3.33. The van der Waals surface area contributed by atoms with Crippen molar-refractivity contribution in [2.45, 2.75) is 31.8 Å². The first-order valence-electron chi connectivity index (χ1n) is 8.02. The predicted octanol–water partition coefficient (Wildman–Crippen LogP) is 2.34. The Morgan fingerprint density at radius 1 is 1.18 bits per heavy atom. The van der Waals surface area contributed by atoms with Crippen molar-refractivity contribution >= 4 is 0 Å². The summed E-state index contributed by atoms with van der Waals surface area (Å²) in [6.07, 6.45) is 3.75. The van der Waals surface area contributed by atoms with Crippen molar-refractivity contribution in [2.75, 3.05) is 41.1 Å². The molecule has 0 unspecified atom stereocenters. The van der Waals surface area contributed by atoms with Crippen LogP contribution in [0.1, 0.15) is 24.8 Å². The Hall–Kier alpha value is -1.46. The highest BCUT2D eigenvalue weighted by Gasteiger charge is 2.22. The zero-order chi connectivity index (χ0) is 15.5. The molecule has 0 saturated carbocycles. The van der Waals surface area contributed by atoms with Crippen LogP contribution in [0.2, 0.25) is 0 Å². The largest absolute Gasteiger partial charge is 0.496 e. The lowest BCUT2D eigenvalue weighted by atomic mass is 10.1. The first kappa shape index (κ1) is 15.4. The van der Waals surface area contributed by atoms with Gasteiger partial charge in [-0.05, 0) is 52.5 Å². The van der Waals surface area contributed by atoms with E-state index in [2.05, 4.69) is 30.0 Å². The van der Waals surface area contributed by atoms with Crippen molar-refractivity contribution in [3.05, 3.63) is 17.7 Å². The smallest absolute Gasteiger partial charge is 0.231 e. The summed E-state index contributed by atoms with van der Waals surface area (Å²) < 4.78 is 16.5. The third kappa shape index (κ3) is 3.31. The van der Waals surface area contributed by atoms with E-state index < -0.39 is 0 Å². The van der Waals surface area contributed by atoms with Crippen molar-refractivity contribution in [1.29, 1.82) is 0 Å². The third-order valence-electron chi connectivity index (χ3n) is 4.69. The van der Waals surface area contributed by atoms with Crippen LogP contribution < -0.4 is 14.2 Å². The molecule has 0 spiro atoms. The van der Waals surface area contributed by atoms with Crippen LogP contribution in [0.15, 0.2) is 12.1 Å². The Morgan fingerprint density at radius 3 is 2.68 bits per heavy atom. The van der Waals surface area contributed by atoms with E-state index in [1.54, 1.807) is 7.11 Å². The summed E-state index contributed by atoms with van der Waals surface area (Å²) in [6.45, 7) is 3.47. The van der Waals surface area contributed by atoms with Gasteiger partial charge in [0.15, 0.2) is 11.5 Å². The number of methoxy groups -OCH3 is 1. The molecule has 0 bridgehead atoms. The van der Waals surface area contributed by atoms with Crippen molar-refractivity contribution in [2.24, 2.45) is 0 Å². The molecule has 5 nitrogen and oxygen atoms in total. The van der Waals surface area contributed by atoms with E-state index in [0.717, 1.165) is 36.9 Å². The monoisotopic (exact) mass is 306 g/mol. The van der Waals surface area contributed by atoms with E-state index in [1.807, 2.05) is 6.07 Å². The fourth-order valence-corrected chi connectivity index (χ4v) is 3.33. The molecule has 2 aliphatic rings. The highest BCUT2D eigenvalue weighted by Crippen LogP contribution is 2.38. The second kappa shape index (κ2) is 6.75. The molecule has 0 amide bonds. The van der Waals surface area contributed by atoms with Gasteiger partial charge in [0.05, 0.1) is 7.11 Å². The molecule has 0 radical (unpaired) electrons. The summed E-state index contributed by atoms with van der Waals surface area (Å²) >= 11 is 0. The minimum Gasteiger partial charge on any atom is -0.496 e. The Morgan fingerprint density at radius 2 is 1.95 bits per heavy atom. The van der Waals surface area contributed by atoms with Crippen LogP contribution in [0, 0.1) is 0 Å². The van der Waals surface area contributed by atoms with Crippen molar-refractivity contribution in [1.82, 2.24) is 9.80 Å². The summed E-state index contributed by atoms with van der Waals surface area (Å²) in [4.78, 5) is 4.87. The van der Waals surface area contributed by atoms with Crippen LogP contribution in [-0.4, -0.2) is 56.9 Å². The zero-order valence-corrected chi connectivity index (χ0v) is 13.8. The van der Waals surface area contributed by atoms with Crippen molar-refractivity contribution < 1.29 is 14.2 Å². The van der Waals surface area contributed by atoms with Gasteiger partial charge in [-0.3, -0.25) is 4.90 Å². The van der Waals surface area contributed by atoms with Gasteiger partial charge in [0.2, 0.25) is 6.79 Å². The van der Waals surface area contributed by atoms with Gasteiger partial charge in [0, 0.05) is 24.2 Å². The maximum atomic E-state index is 5.53. The average molecular weight is 306 g/mol. The van der Waals surface area contributed by atoms with Crippen molar-refractivity contribution in [3.63, 3.8) is 0 Å². The second-order valence-electron chi connectivity index (χ2n) is 6.34. The molecule has 122 valence electrons. The molecule has 0 aromatic heterocycles. The molecule has 1 aromatic carbocycles. The van der Waals surface area contributed by atoms with Gasteiger partial charge >= 0.3 is 0 Å². The summed E-state index contributed by atoms with van der Waals surface area (Å²) in [5.41, 5.74) is 1.18. The normalized spacial score (nSPS) is 21.9. The van der Waals surface area contributed by atoms with Gasteiger partial charge in [-0.1, -0.05) is 0 Å². The Bertz CT molecular complexity index is 519. The number of rotatable bonds is 4. The maximum Gasteiger partial charge on any atom is 0.231 e. The van der Waals surface area contributed by atoms with Crippen LogP contribution >= 0.6 is 0 Å². The van der Waals surface area contributed by atoms with E-state index in [9.17, 15) is 0 Å². The van der Waals surface area contributed by atoms with E-state index >= 15 is 0 Å². The quantitative estimate of drug-likeness (QED) is 0.853. The first-order chi connectivity index (χ1) is 10.7. The molecule has 3 rings (SSSR count). The predicted molar refractivity (Wildman–Crippen MR) is 85.7 cm³/mol. The van der Waals surface area contributed by atoms with Crippen LogP contribution in [0.5, 0.6) is 17.2 Å². The van der Waals surface area contributed by atoms with Gasteiger partial charge in [0.1, 0.15) is 5.75 Å². The second-order valence-corrected chi connectivity index (χ2v) is 6.34. The number of hydrogen-bond acceptors (Lipinski definition) is 5. The lowest BCUT2D eigenvalue weighted by Crippen LogP contribution is -2.30. The van der Waals surface area contributed by atoms with Crippen molar-refractivity contribution in [3.8, 4) is 17.2 Å². The highest BCUT2D eigenvalue weighted by atomic mass is 16.7. The highest BCUT2D eigenvalue weighted by molar-refractivity contribution is 5.51. The first-order valence-corrected chi connectivity index (χ1v) is 8.02. The van der Waals surface area contributed by atoms with Gasteiger partial charge in [-0.25, -0.2) is 0 Å². The van der Waals surface area contributed by atoms with Crippen LogP contribution in [0.3, 0.4) is 0 Å². The fraction of sp³-hybridized carbons (Fsp3) is 0.647. The van der Waals surface area contributed by atoms with Crippen LogP contribution in [0.4, 0.5) is 0 Å². The molecule has 1 fully saturated rings. The summed E-state index contributed by atoms with van der Waals surface area (Å²) in [5.74, 6) is 2.50. The summed E-state index contributed by atoms with van der Waals surface area (Å²) in [5, 5.41) is 0. The lowest BCUT2D eigenvalue weighted by Gasteiger charge is -2.24. The average Bonchev–Trinajstić information content (AvgIpc) is 2.82. The molecule has 2 heterocycles. The minimum atomic E-state index is 0.302. The topological polar surface area (TPSA) is 34.2 Å². The number of hydrogen-bond donors (Lipinski definition) is 0. The van der Waals surface area contributed by atoms with Gasteiger partial charge in [0.25, 0.3) is 0 Å². The standard InChI is InChI=1S/C17H26N2O3/c1-18(2)14-5-4-7-19(8-6-14)11-13-9-16-17(22-12-21-16)10-15(13)20-3/h9-10,14H,4-8,11-12H2,1-3H3/t14-/m0/s1. The Balaban J connectivity index is 1.70. The van der Waals surface area contributed by atoms with Gasteiger partial charge in [-0.15, -0.1) is 0 Å². The Kier molecular flexibility index (Phi) is 4.74. The molecule has 5 heteroatoms. The molecule has 0 N–H and O–H groups in total. The van der Waals surface area contributed by atoms with Gasteiger partial charge < -0.3 is 19.1 Å². The molecule has 1 saturated heterocycles. The van der Waals surface area contributed by atoms with E-state index in [4.69, 9.17) is 14.2 Å². The lowest BCUT2D eigenvalue weighted by molar-refractivity contribution is 0.173. The number of benzene rings is 1. The number of ether oxygens (including phenoxy) is 3. The van der Waals surface area contributed by atoms with Crippen LogP contribution in [-0.2, 0) is 6.54 Å². The van der Waals surface area contributed by atoms with E-state index in [1.165, 1.54) is 24.8 Å². The SMILES string of the molecule is COc1cc2c(cc1CN1CCC[C@H](N(C)C)CC1)OCO2. The Labute approximate surface area is 132 Å². The number of nitrogens with zero attached hydrogens (tertiary/aromatic N) is 2. The molecule has 1 atom stereocenters. The van der Waals surface area contributed by atoms with E-state index in [-0.39, 0.29) is 0 Å². The molecule has 1 aromatic rings. The minimum absolute atomic E-state index is 0.302. The molecule has 22 heavy (non-hydrogen) atoms. The third-order valence-corrected chi connectivity index (χ3v) is 4.69. The summed E-state index contributed by atoms with van der Waals surface area (Å²) in [7, 11) is 6.08. The maximum absolute atomic E-state index is 5.53. The number of likely N-dealkylation sites (tertiary alicyclic amines) is 1. The molecular formula is C17H26N2O3. The number of fused-ring (bicyclic) bond motifs is 1. The van der Waals surface area contributed by atoms with E-state index in [0.29, 0.717) is 12.8 Å². The molecular weight excluding hydrogens is 280 g/mol. The van der Waals surface area contributed by atoms with Gasteiger partial charge in [-0.2, -0.15) is 0 Å². The molecule has 0 aliphatic carbocycles. The zero-order valence-electron chi connectivity index (χ0n) is 13.8.